The SMILES string of the molecule is C=CCSCCNCC1CCC(C)CC1. The Morgan fingerprint density at radius 1 is 1.33 bits per heavy atom. The highest BCUT2D eigenvalue weighted by Crippen LogP contribution is 2.27. The number of thioether (sulfide) groups is 1. The van der Waals surface area contributed by atoms with Crippen LogP contribution in [0.1, 0.15) is 32.6 Å². The van der Waals surface area contributed by atoms with Crippen LogP contribution in [0.2, 0.25) is 0 Å². The molecule has 0 saturated heterocycles. The van der Waals surface area contributed by atoms with Gasteiger partial charge in [-0.1, -0.05) is 25.8 Å². The topological polar surface area (TPSA) is 12.0 Å². The number of hydrogen-bond donors (Lipinski definition) is 1. The molecule has 1 N–H and O–H groups in total. The summed E-state index contributed by atoms with van der Waals surface area (Å²) < 4.78 is 0. The molecule has 0 atom stereocenters. The molecule has 88 valence electrons. The fraction of sp³-hybridized carbons (Fsp3) is 0.846. The molecule has 0 radical (unpaired) electrons. The monoisotopic (exact) mass is 227 g/mol. The molecule has 1 saturated carbocycles. The second-order valence-corrected chi connectivity index (χ2v) is 5.84. The van der Waals surface area contributed by atoms with Crippen LogP contribution in [0.15, 0.2) is 12.7 Å². The summed E-state index contributed by atoms with van der Waals surface area (Å²) in [6.45, 7) is 8.50. The van der Waals surface area contributed by atoms with Crippen molar-refractivity contribution in [3.05, 3.63) is 12.7 Å². The third-order valence-corrected chi connectivity index (χ3v) is 4.19. The molecule has 0 bridgehead atoms. The van der Waals surface area contributed by atoms with Crippen LogP contribution in [-0.2, 0) is 0 Å². The van der Waals surface area contributed by atoms with Gasteiger partial charge in [0, 0.05) is 18.1 Å². The Morgan fingerprint density at radius 3 is 2.73 bits per heavy atom. The third-order valence-electron chi connectivity index (χ3n) is 3.23. The Kier molecular flexibility index (Phi) is 7.20. The van der Waals surface area contributed by atoms with Crippen molar-refractivity contribution < 1.29 is 0 Å². The molecule has 0 unspecified atom stereocenters. The Hall–Kier alpha value is 0.0500. The van der Waals surface area contributed by atoms with E-state index in [2.05, 4.69) is 18.8 Å². The Balaban J connectivity index is 1.89. The van der Waals surface area contributed by atoms with Crippen LogP contribution in [0.3, 0.4) is 0 Å². The normalized spacial score (nSPS) is 26.5. The molecule has 1 aliphatic carbocycles. The van der Waals surface area contributed by atoms with Crippen LogP contribution in [-0.4, -0.2) is 24.6 Å². The summed E-state index contributed by atoms with van der Waals surface area (Å²) in [5.74, 6) is 4.23. The minimum absolute atomic E-state index is 0.950. The zero-order valence-corrected chi connectivity index (χ0v) is 10.8. The first kappa shape index (κ1) is 13.1. The minimum atomic E-state index is 0.950. The van der Waals surface area contributed by atoms with Crippen molar-refractivity contribution in [2.24, 2.45) is 11.8 Å². The van der Waals surface area contributed by atoms with Gasteiger partial charge in [0.15, 0.2) is 0 Å². The summed E-state index contributed by atoms with van der Waals surface area (Å²) >= 11 is 1.96. The van der Waals surface area contributed by atoms with Gasteiger partial charge >= 0.3 is 0 Å². The van der Waals surface area contributed by atoms with Crippen LogP contribution < -0.4 is 5.32 Å². The van der Waals surface area contributed by atoms with Gasteiger partial charge in [-0.15, -0.1) is 6.58 Å². The van der Waals surface area contributed by atoms with Gasteiger partial charge in [-0.2, -0.15) is 11.8 Å². The van der Waals surface area contributed by atoms with Gasteiger partial charge in [-0.05, 0) is 31.2 Å². The fourth-order valence-electron chi connectivity index (χ4n) is 2.15. The van der Waals surface area contributed by atoms with E-state index in [-0.39, 0.29) is 0 Å². The van der Waals surface area contributed by atoms with Crippen LogP contribution in [0.4, 0.5) is 0 Å². The zero-order chi connectivity index (χ0) is 10.9. The first-order valence-corrected chi connectivity index (χ1v) is 7.37. The average molecular weight is 227 g/mol. The zero-order valence-electron chi connectivity index (χ0n) is 10.0. The molecule has 1 nitrogen and oxygen atoms in total. The van der Waals surface area contributed by atoms with Crippen molar-refractivity contribution in [2.75, 3.05) is 24.6 Å². The molecule has 1 fully saturated rings. The number of hydrogen-bond acceptors (Lipinski definition) is 2. The van der Waals surface area contributed by atoms with Gasteiger partial charge in [-0.3, -0.25) is 0 Å². The quantitative estimate of drug-likeness (QED) is 0.529. The second-order valence-electron chi connectivity index (χ2n) is 4.69. The first-order chi connectivity index (χ1) is 7.33. The van der Waals surface area contributed by atoms with E-state index in [0.717, 1.165) is 24.1 Å². The summed E-state index contributed by atoms with van der Waals surface area (Å²) in [5, 5.41) is 3.57. The van der Waals surface area contributed by atoms with E-state index < -0.39 is 0 Å². The Bertz CT molecular complexity index is 162. The summed E-state index contributed by atoms with van der Waals surface area (Å²) in [6.07, 6.45) is 7.74. The predicted octanol–water partition coefficient (Wildman–Crippen LogP) is 3.32. The highest BCUT2D eigenvalue weighted by Gasteiger charge is 2.17. The second kappa shape index (κ2) is 8.23. The molecule has 0 amide bonds. The van der Waals surface area contributed by atoms with Crippen molar-refractivity contribution >= 4 is 11.8 Å². The summed E-state index contributed by atoms with van der Waals surface area (Å²) in [7, 11) is 0. The maximum atomic E-state index is 3.72. The fourth-order valence-corrected chi connectivity index (χ4v) is 2.77. The Morgan fingerprint density at radius 2 is 2.07 bits per heavy atom. The lowest BCUT2D eigenvalue weighted by atomic mass is 9.83. The molecule has 1 rings (SSSR count). The van der Waals surface area contributed by atoms with Gasteiger partial charge in [0.25, 0.3) is 0 Å². The smallest absolute Gasteiger partial charge is 0.0111 e. The summed E-state index contributed by atoms with van der Waals surface area (Å²) in [4.78, 5) is 0. The largest absolute Gasteiger partial charge is 0.316 e. The average Bonchev–Trinajstić information content (AvgIpc) is 2.26. The van der Waals surface area contributed by atoms with Crippen LogP contribution in [0.25, 0.3) is 0 Å². The Labute approximate surface area is 99.1 Å². The van der Waals surface area contributed by atoms with Gasteiger partial charge < -0.3 is 5.32 Å². The van der Waals surface area contributed by atoms with Gasteiger partial charge in [0.1, 0.15) is 0 Å². The minimum Gasteiger partial charge on any atom is -0.316 e. The standard InChI is InChI=1S/C13H25NS/c1-3-9-15-10-8-14-11-13-6-4-12(2)5-7-13/h3,12-14H,1,4-11H2,2H3. The van der Waals surface area contributed by atoms with Crippen molar-refractivity contribution in [3.8, 4) is 0 Å². The maximum Gasteiger partial charge on any atom is 0.0111 e. The molecule has 0 spiro atoms. The van der Waals surface area contributed by atoms with Crippen molar-refractivity contribution in [2.45, 2.75) is 32.6 Å². The molecule has 2 heteroatoms. The molecular weight excluding hydrogens is 202 g/mol. The molecule has 1 aliphatic rings. The van der Waals surface area contributed by atoms with E-state index in [4.69, 9.17) is 0 Å². The molecule has 0 aromatic rings. The predicted molar refractivity (Wildman–Crippen MR) is 71.5 cm³/mol. The van der Waals surface area contributed by atoms with E-state index in [1.54, 1.807) is 0 Å². The maximum absolute atomic E-state index is 3.72. The first-order valence-electron chi connectivity index (χ1n) is 6.22. The van der Waals surface area contributed by atoms with Gasteiger partial charge in [-0.25, -0.2) is 0 Å². The van der Waals surface area contributed by atoms with Gasteiger partial charge in [0.2, 0.25) is 0 Å². The molecular formula is C13H25NS. The third kappa shape index (κ3) is 6.26. The lowest BCUT2D eigenvalue weighted by Crippen LogP contribution is -2.27. The molecule has 0 heterocycles. The van der Waals surface area contributed by atoms with Crippen molar-refractivity contribution in [1.29, 1.82) is 0 Å². The van der Waals surface area contributed by atoms with E-state index in [0.29, 0.717) is 0 Å². The number of nitrogens with one attached hydrogen (secondary N) is 1. The molecule has 0 aromatic carbocycles. The van der Waals surface area contributed by atoms with Crippen LogP contribution in [0, 0.1) is 11.8 Å². The van der Waals surface area contributed by atoms with Crippen LogP contribution >= 0.6 is 11.8 Å². The number of rotatable bonds is 7. The van der Waals surface area contributed by atoms with E-state index in [1.807, 2.05) is 17.8 Å². The van der Waals surface area contributed by atoms with E-state index >= 15 is 0 Å². The molecule has 0 aromatic heterocycles. The molecule has 15 heavy (non-hydrogen) atoms. The molecule has 0 aliphatic heterocycles. The highest BCUT2D eigenvalue weighted by atomic mass is 32.2. The lowest BCUT2D eigenvalue weighted by Gasteiger charge is -2.26. The van der Waals surface area contributed by atoms with Crippen molar-refractivity contribution in [3.63, 3.8) is 0 Å². The summed E-state index contributed by atoms with van der Waals surface area (Å²) in [5.41, 5.74) is 0. The highest BCUT2D eigenvalue weighted by molar-refractivity contribution is 7.99. The lowest BCUT2D eigenvalue weighted by molar-refractivity contribution is 0.283. The van der Waals surface area contributed by atoms with Crippen LogP contribution in [0.5, 0.6) is 0 Å². The van der Waals surface area contributed by atoms with E-state index in [9.17, 15) is 0 Å². The summed E-state index contributed by atoms with van der Waals surface area (Å²) in [6, 6.07) is 0. The van der Waals surface area contributed by atoms with E-state index in [1.165, 1.54) is 38.0 Å². The van der Waals surface area contributed by atoms with Gasteiger partial charge in [0.05, 0.1) is 0 Å². The van der Waals surface area contributed by atoms with Crippen molar-refractivity contribution in [1.82, 2.24) is 5.32 Å².